The van der Waals surface area contributed by atoms with Gasteiger partial charge in [-0.3, -0.25) is 4.79 Å². The zero-order valence-corrected chi connectivity index (χ0v) is 13.2. The lowest BCUT2D eigenvalue weighted by Crippen LogP contribution is -2.10. The molecule has 1 aromatic heterocycles. The summed E-state index contributed by atoms with van der Waals surface area (Å²) in [4.78, 5) is 23.1. The highest BCUT2D eigenvalue weighted by Crippen LogP contribution is 2.39. The molecule has 0 spiro atoms. The number of aryl methyl sites for hydroxylation is 1. The molecular weight excluding hydrogens is 294 g/mol. The van der Waals surface area contributed by atoms with Gasteiger partial charge < -0.3 is 14.4 Å². The fourth-order valence-electron chi connectivity index (χ4n) is 3.05. The highest BCUT2D eigenvalue weighted by atomic mass is 16.5. The maximum absolute atomic E-state index is 12.1. The summed E-state index contributed by atoms with van der Waals surface area (Å²) in [6.07, 6.45) is 0. The number of carbonyl (C=O) groups excluding carboxylic acids is 1. The van der Waals surface area contributed by atoms with Gasteiger partial charge in [0.25, 0.3) is 0 Å². The molecule has 2 aromatic carbocycles. The van der Waals surface area contributed by atoms with E-state index in [9.17, 15) is 9.59 Å². The number of carbonyl (C=O) groups is 2. The van der Waals surface area contributed by atoms with Gasteiger partial charge in [0.1, 0.15) is 5.75 Å². The minimum Gasteiger partial charge on any atom is -0.481 e. The molecule has 5 nitrogen and oxygen atoms in total. The summed E-state index contributed by atoms with van der Waals surface area (Å²) in [6, 6.07) is 9.59. The number of hydrogen-bond donors (Lipinski definition) is 1. The van der Waals surface area contributed by atoms with Crippen molar-refractivity contribution in [2.24, 2.45) is 7.05 Å². The van der Waals surface area contributed by atoms with Crippen LogP contribution in [0.3, 0.4) is 0 Å². The molecule has 1 N–H and O–H groups in total. The number of aromatic nitrogens is 1. The lowest BCUT2D eigenvalue weighted by Gasteiger charge is -2.11. The molecule has 0 saturated carbocycles. The molecule has 118 valence electrons. The molecule has 5 heteroatoms. The standard InChI is InChI=1S/C18H17NO4/c1-10-16(11(2)20)17-14(19(10)3)8-12-6-4-5-7-13(12)18(17)23-9-15(21)22/h4-8H,9H2,1-3H3,(H,21,22). The normalized spacial score (nSPS) is 11.1. The second kappa shape index (κ2) is 5.43. The molecule has 0 fully saturated rings. The number of ketones is 1. The Morgan fingerprint density at radius 2 is 1.96 bits per heavy atom. The van der Waals surface area contributed by atoms with Gasteiger partial charge in [-0.05, 0) is 25.3 Å². The van der Waals surface area contributed by atoms with Crippen molar-refractivity contribution >= 4 is 33.4 Å². The molecule has 0 amide bonds. The molecule has 0 bridgehead atoms. The number of rotatable bonds is 4. The van der Waals surface area contributed by atoms with Crippen LogP contribution in [0.2, 0.25) is 0 Å². The molecule has 0 atom stereocenters. The van der Waals surface area contributed by atoms with E-state index in [2.05, 4.69) is 0 Å². The van der Waals surface area contributed by atoms with Gasteiger partial charge in [-0.1, -0.05) is 24.3 Å². The maximum atomic E-state index is 12.1. The van der Waals surface area contributed by atoms with Gasteiger partial charge in [-0.15, -0.1) is 0 Å². The van der Waals surface area contributed by atoms with E-state index < -0.39 is 12.6 Å². The van der Waals surface area contributed by atoms with Crippen LogP contribution in [0, 0.1) is 6.92 Å². The van der Waals surface area contributed by atoms with Crippen molar-refractivity contribution in [3.05, 3.63) is 41.6 Å². The van der Waals surface area contributed by atoms with Gasteiger partial charge in [0.2, 0.25) is 0 Å². The summed E-state index contributed by atoms with van der Waals surface area (Å²) in [5.41, 5.74) is 2.27. The van der Waals surface area contributed by atoms with Gasteiger partial charge >= 0.3 is 5.97 Å². The van der Waals surface area contributed by atoms with Crippen LogP contribution in [0.25, 0.3) is 21.7 Å². The molecule has 1 heterocycles. The predicted molar refractivity (Wildman–Crippen MR) is 88.3 cm³/mol. The summed E-state index contributed by atoms with van der Waals surface area (Å²) in [5, 5.41) is 11.4. The number of benzene rings is 2. The fourth-order valence-corrected chi connectivity index (χ4v) is 3.05. The molecule has 0 aliphatic rings. The molecule has 0 saturated heterocycles. The Morgan fingerprint density at radius 3 is 2.61 bits per heavy atom. The molecule has 0 radical (unpaired) electrons. The Bertz CT molecular complexity index is 953. The first-order valence-corrected chi connectivity index (χ1v) is 7.28. The number of hydrogen-bond acceptors (Lipinski definition) is 3. The van der Waals surface area contributed by atoms with Crippen molar-refractivity contribution in [2.45, 2.75) is 13.8 Å². The minimum absolute atomic E-state index is 0.0662. The molecule has 0 aliphatic heterocycles. The topological polar surface area (TPSA) is 68.5 Å². The van der Waals surface area contributed by atoms with Crippen LogP contribution in [0.1, 0.15) is 23.0 Å². The van der Waals surface area contributed by atoms with Crippen molar-refractivity contribution in [1.82, 2.24) is 4.57 Å². The smallest absolute Gasteiger partial charge is 0.341 e. The first-order valence-electron chi connectivity index (χ1n) is 7.28. The molecule has 0 unspecified atom stereocenters. The second-order valence-electron chi connectivity index (χ2n) is 5.58. The number of Topliss-reactive ketones (excluding diaryl/α,β-unsaturated/α-hetero) is 1. The Labute approximate surface area is 133 Å². The summed E-state index contributed by atoms with van der Waals surface area (Å²) in [7, 11) is 1.89. The van der Waals surface area contributed by atoms with Gasteiger partial charge in [0.15, 0.2) is 12.4 Å². The van der Waals surface area contributed by atoms with Crippen LogP contribution in [0.5, 0.6) is 5.75 Å². The Kier molecular flexibility index (Phi) is 3.56. The molecule has 23 heavy (non-hydrogen) atoms. The SMILES string of the molecule is CC(=O)c1c(C)n(C)c2cc3ccccc3c(OCC(=O)O)c12. The number of carboxylic acid groups (broad SMARTS) is 1. The number of carboxylic acids is 1. The third kappa shape index (κ3) is 2.34. The Morgan fingerprint density at radius 1 is 1.26 bits per heavy atom. The van der Waals surface area contributed by atoms with Crippen molar-refractivity contribution in [1.29, 1.82) is 0 Å². The maximum Gasteiger partial charge on any atom is 0.341 e. The zero-order valence-electron chi connectivity index (χ0n) is 13.2. The van der Waals surface area contributed by atoms with E-state index in [0.29, 0.717) is 16.7 Å². The Balaban J connectivity index is 2.46. The highest BCUT2D eigenvalue weighted by Gasteiger charge is 2.22. The third-order valence-electron chi connectivity index (χ3n) is 4.15. The summed E-state index contributed by atoms with van der Waals surface area (Å²) < 4.78 is 7.52. The van der Waals surface area contributed by atoms with E-state index in [1.54, 1.807) is 0 Å². The van der Waals surface area contributed by atoms with Crippen LogP contribution in [-0.4, -0.2) is 28.0 Å². The van der Waals surface area contributed by atoms with E-state index in [1.165, 1.54) is 6.92 Å². The highest BCUT2D eigenvalue weighted by molar-refractivity contribution is 6.15. The Hall–Kier alpha value is -2.82. The van der Waals surface area contributed by atoms with Crippen molar-refractivity contribution in [2.75, 3.05) is 6.61 Å². The predicted octanol–water partition coefficient (Wildman–Crippen LogP) is 3.31. The molecule has 0 aliphatic carbocycles. The fraction of sp³-hybridized carbons (Fsp3) is 0.222. The van der Waals surface area contributed by atoms with Crippen LogP contribution < -0.4 is 4.74 Å². The second-order valence-corrected chi connectivity index (χ2v) is 5.58. The van der Waals surface area contributed by atoms with Gasteiger partial charge in [-0.2, -0.15) is 0 Å². The molecule has 3 aromatic rings. The van der Waals surface area contributed by atoms with Crippen LogP contribution in [-0.2, 0) is 11.8 Å². The average molecular weight is 311 g/mol. The zero-order chi connectivity index (χ0) is 16.7. The van der Waals surface area contributed by atoms with E-state index >= 15 is 0 Å². The van der Waals surface area contributed by atoms with Gasteiger partial charge in [0.05, 0.1) is 10.9 Å². The van der Waals surface area contributed by atoms with Crippen LogP contribution in [0.15, 0.2) is 30.3 Å². The monoisotopic (exact) mass is 311 g/mol. The largest absolute Gasteiger partial charge is 0.481 e. The first-order chi connectivity index (χ1) is 10.9. The van der Waals surface area contributed by atoms with E-state index in [1.807, 2.05) is 48.9 Å². The van der Waals surface area contributed by atoms with Crippen molar-refractivity contribution in [3.8, 4) is 5.75 Å². The van der Waals surface area contributed by atoms with Gasteiger partial charge in [-0.25, -0.2) is 4.79 Å². The average Bonchev–Trinajstić information content (AvgIpc) is 2.75. The molecular formula is C18H17NO4. The first kappa shape index (κ1) is 15.1. The minimum atomic E-state index is -1.05. The van der Waals surface area contributed by atoms with Gasteiger partial charge in [0, 0.05) is 23.7 Å². The quantitative estimate of drug-likeness (QED) is 0.751. The number of nitrogens with zero attached hydrogens (tertiary/aromatic N) is 1. The number of aliphatic carboxylic acids is 1. The summed E-state index contributed by atoms with van der Waals surface area (Å²) in [5.74, 6) is -0.666. The van der Waals surface area contributed by atoms with E-state index in [0.717, 1.165) is 22.0 Å². The van der Waals surface area contributed by atoms with Crippen molar-refractivity contribution < 1.29 is 19.4 Å². The summed E-state index contributed by atoms with van der Waals surface area (Å²) in [6.45, 7) is 2.94. The third-order valence-corrected chi connectivity index (χ3v) is 4.15. The van der Waals surface area contributed by atoms with E-state index in [4.69, 9.17) is 9.84 Å². The van der Waals surface area contributed by atoms with E-state index in [-0.39, 0.29) is 5.78 Å². The van der Waals surface area contributed by atoms with Crippen LogP contribution in [0.4, 0.5) is 0 Å². The number of fused-ring (bicyclic) bond motifs is 2. The van der Waals surface area contributed by atoms with Crippen molar-refractivity contribution in [3.63, 3.8) is 0 Å². The lowest BCUT2D eigenvalue weighted by atomic mass is 10.0. The number of ether oxygens (including phenoxy) is 1. The molecule has 3 rings (SSSR count). The summed E-state index contributed by atoms with van der Waals surface area (Å²) >= 11 is 0. The lowest BCUT2D eigenvalue weighted by molar-refractivity contribution is -0.139. The van der Waals surface area contributed by atoms with Crippen LogP contribution >= 0.6 is 0 Å².